The average Bonchev–Trinajstić information content (AvgIpc) is 2.58. The summed E-state index contributed by atoms with van der Waals surface area (Å²) < 4.78 is 10.6. The molecule has 0 spiro atoms. The summed E-state index contributed by atoms with van der Waals surface area (Å²) in [6.45, 7) is 5.11. The number of hydrogen-bond acceptors (Lipinski definition) is 4. The molecule has 0 fully saturated rings. The third-order valence-electron chi connectivity index (χ3n) is 3.99. The fourth-order valence-electron chi connectivity index (χ4n) is 2.59. The first-order valence-corrected chi connectivity index (χ1v) is 8.98. The van der Waals surface area contributed by atoms with E-state index in [2.05, 4.69) is 19.2 Å². The van der Waals surface area contributed by atoms with Crippen LogP contribution < -0.4 is 15.7 Å². The Morgan fingerprint density at radius 3 is 2.68 bits per heavy atom. The van der Waals surface area contributed by atoms with Gasteiger partial charge in [-0.3, -0.25) is 4.79 Å². The fraction of sp³-hybridized carbons (Fsp3) is 0.500. The summed E-state index contributed by atoms with van der Waals surface area (Å²) in [4.78, 5) is 23.0. The molecule has 0 unspecified atom stereocenters. The van der Waals surface area contributed by atoms with Crippen molar-refractivity contribution in [1.29, 1.82) is 0 Å². The molecule has 136 valence electrons. The summed E-state index contributed by atoms with van der Waals surface area (Å²) in [7, 11) is 0. The van der Waals surface area contributed by atoms with Crippen LogP contribution in [0.2, 0.25) is 0 Å². The van der Waals surface area contributed by atoms with E-state index in [-0.39, 0.29) is 12.5 Å². The second-order valence-corrected chi connectivity index (χ2v) is 6.69. The van der Waals surface area contributed by atoms with Crippen molar-refractivity contribution in [2.75, 3.05) is 13.2 Å². The van der Waals surface area contributed by atoms with E-state index in [1.807, 2.05) is 0 Å². The lowest BCUT2D eigenvalue weighted by Crippen LogP contribution is -2.29. The lowest BCUT2D eigenvalue weighted by atomic mass is 10.0. The molecule has 1 aromatic carbocycles. The van der Waals surface area contributed by atoms with E-state index in [1.54, 1.807) is 24.3 Å². The predicted molar refractivity (Wildman–Crippen MR) is 98.9 cm³/mol. The van der Waals surface area contributed by atoms with E-state index in [1.165, 1.54) is 25.3 Å². The molecule has 0 saturated carbocycles. The number of unbranched alkanes of at least 4 members (excludes halogenated alkanes) is 3. The minimum atomic E-state index is -0.407. The van der Waals surface area contributed by atoms with Crippen molar-refractivity contribution in [1.82, 2.24) is 5.32 Å². The Kier molecular flexibility index (Phi) is 7.51. The highest BCUT2D eigenvalue weighted by Gasteiger charge is 2.04. The number of nitrogens with one attached hydrogen (secondary N) is 1. The molecule has 0 aliphatic carbocycles. The standard InChI is InChI=1S/C20H27NO4/c1-15(2)7-5-3-4-6-12-21-19(22)14-24-17-10-8-16-9-11-20(23)25-18(16)13-17/h8-11,13,15H,3-7,12,14H2,1-2H3,(H,21,22). The minimum absolute atomic E-state index is 0.0457. The monoisotopic (exact) mass is 345 g/mol. The largest absolute Gasteiger partial charge is 0.484 e. The van der Waals surface area contributed by atoms with Gasteiger partial charge in [0, 0.05) is 24.1 Å². The van der Waals surface area contributed by atoms with Crippen molar-refractivity contribution in [3.8, 4) is 5.75 Å². The summed E-state index contributed by atoms with van der Waals surface area (Å²) in [5.74, 6) is 1.13. The Bertz CT molecular complexity index is 736. The zero-order chi connectivity index (χ0) is 18.1. The van der Waals surface area contributed by atoms with Gasteiger partial charge in [-0.05, 0) is 30.5 Å². The van der Waals surface area contributed by atoms with Gasteiger partial charge in [0.25, 0.3) is 5.91 Å². The number of amides is 1. The van der Waals surface area contributed by atoms with Gasteiger partial charge in [-0.1, -0.05) is 39.5 Å². The zero-order valence-electron chi connectivity index (χ0n) is 15.0. The molecule has 1 N–H and O–H groups in total. The van der Waals surface area contributed by atoms with Crippen LogP contribution in [-0.2, 0) is 4.79 Å². The van der Waals surface area contributed by atoms with Gasteiger partial charge in [-0.15, -0.1) is 0 Å². The van der Waals surface area contributed by atoms with Crippen molar-refractivity contribution in [3.05, 3.63) is 40.8 Å². The van der Waals surface area contributed by atoms with E-state index in [4.69, 9.17) is 9.15 Å². The van der Waals surface area contributed by atoms with Gasteiger partial charge in [-0.2, -0.15) is 0 Å². The van der Waals surface area contributed by atoms with Crippen LogP contribution in [0.4, 0.5) is 0 Å². The smallest absolute Gasteiger partial charge is 0.336 e. The van der Waals surface area contributed by atoms with Gasteiger partial charge in [-0.25, -0.2) is 4.79 Å². The van der Waals surface area contributed by atoms with Crippen molar-refractivity contribution in [2.45, 2.75) is 46.0 Å². The van der Waals surface area contributed by atoms with Crippen molar-refractivity contribution in [2.24, 2.45) is 5.92 Å². The van der Waals surface area contributed by atoms with Crippen molar-refractivity contribution in [3.63, 3.8) is 0 Å². The zero-order valence-corrected chi connectivity index (χ0v) is 15.0. The lowest BCUT2D eigenvalue weighted by Gasteiger charge is -2.08. The summed E-state index contributed by atoms with van der Waals surface area (Å²) in [6.07, 6.45) is 5.87. The highest BCUT2D eigenvalue weighted by atomic mass is 16.5. The molecule has 5 nitrogen and oxygen atoms in total. The van der Waals surface area contributed by atoms with Crippen LogP contribution in [0.15, 0.2) is 39.5 Å². The molecule has 1 heterocycles. The van der Waals surface area contributed by atoms with Crippen LogP contribution in [-0.4, -0.2) is 19.1 Å². The molecule has 0 aliphatic heterocycles. The number of ether oxygens (including phenoxy) is 1. The summed E-state index contributed by atoms with van der Waals surface area (Å²) in [5, 5.41) is 3.68. The highest BCUT2D eigenvalue weighted by Crippen LogP contribution is 2.19. The molecule has 5 heteroatoms. The molecule has 1 amide bonds. The van der Waals surface area contributed by atoms with Gasteiger partial charge >= 0.3 is 5.63 Å². The third kappa shape index (κ3) is 6.99. The summed E-state index contributed by atoms with van der Waals surface area (Å²) in [6, 6.07) is 8.24. The quantitative estimate of drug-likeness (QED) is 0.524. The minimum Gasteiger partial charge on any atom is -0.484 e. The van der Waals surface area contributed by atoms with E-state index in [9.17, 15) is 9.59 Å². The molecule has 1 aromatic heterocycles. The van der Waals surface area contributed by atoms with E-state index in [0.29, 0.717) is 17.9 Å². The summed E-state index contributed by atoms with van der Waals surface area (Å²) >= 11 is 0. The molecule has 0 atom stereocenters. The Labute approximate surface area is 148 Å². The molecule has 2 aromatic rings. The molecule has 2 rings (SSSR count). The first-order valence-electron chi connectivity index (χ1n) is 8.98. The number of carbonyl (C=O) groups is 1. The number of carbonyl (C=O) groups excluding carboxylic acids is 1. The Morgan fingerprint density at radius 2 is 1.88 bits per heavy atom. The van der Waals surface area contributed by atoms with Crippen molar-refractivity contribution < 1.29 is 13.9 Å². The molecule has 25 heavy (non-hydrogen) atoms. The number of rotatable bonds is 10. The van der Waals surface area contributed by atoms with Gasteiger partial charge in [0.1, 0.15) is 11.3 Å². The van der Waals surface area contributed by atoms with Crippen LogP contribution in [0.5, 0.6) is 5.75 Å². The summed E-state index contributed by atoms with van der Waals surface area (Å²) in [5.41, 5.74) is 0.0441. The topological polar surface area (TPSA) is 68.5 Å². The maximum absolute atomic E-state index is 11.8. The molecular weight excluding hydrogens is 318 g/mol. The Balaban J connectivity index is 1.65. The lowest BCUT2D eigenvalue weighted by molar-refractivity contribution is -0.123. The molecule has 0 saturated heterocycles. The van der Waals surface area contributed by atoms with Gasteiger partial charge < -0.3 is 14.5 Å². The first-order chi connectivity index (χ1) is 12.0. The van der Waals surface area contributed by atoms with Crippen LogP contribution in [0.1, 0.15) is 46.0 Å². The molecule has 0 bridgehead atoms. The van der Waals surface area contributed by atoms with E-state index >= 15 is 0 Å². The van der Waals surface area contributed by atoms with Crippen LogP contribution >= 0.6 is 0 Å². The highest BCUT2D eigenvalue weighted by molar-refractivity contribution is 5.79. The van der Waals surface area contributed by atoms with Crippen LogP contribution in [0, 0.1) is 5.92 Å². The maximum Gasteiger partial charge on any atom is 0.336 e. The Morgan fingerprint density at radius 1 is 1.12 bits per heavy atom. The normalized spacial score (nSPS) is 11.0. The second kappa shape index (κ2) is 9.87. The van der Waals surface area contributed by atoms with Crippen molar-refractivity contribution >= 4 is 16.9 Å². The molecule has 0 aliphatic rings. The van der Waals surface area contributed by atoms with Gasteiger partial charge in [0.15, 0.2) is 6.61 Å². The number of benzene rings is 1. The SMILES string of the molecule is CC(C)CCCCCCNC(=O)COc1ccc2ccc(=O)oc2c1. The van der Waals surface area contributed by atoms with Gasteiger partial charge in [0.05, 0.1) is 0 Å². The van der Waals surface area contributed by atoms with E-state index < -0.39 is 5.63 Å². The Hall–Kier alpha value is -2.30. The number of hydrogen-bond donors (Lipinski definition) is 1. The fourth-order valence-corrected chi connectivity index (χ4v) is 2.59. The molecular formula is C20H27NO4. The predicted octanol–water partition coefficient (Wildman–Crippen LogP) is 3.89. The first kappa shape index (κ1) is 19.0. The molecule has 0 radical (unpaired) electrons. The van der Waals surface area contributed by atoms with Gasteiger partial charge in [0.2, 0.25) is 0 Å². The van der Waals surface area contributed by atoms with Crippen LogP contribution in [0.3, 0.4) is 0 Å². The second-order valence-electron chi connectivity index (χ2n) is 6.69. The van der Waals surface area contributed by atoms with E-state index in [0.717, 1.165) is 24.1 Å². The van der Waals surface area contributed by atoms with Crippen LogP contribution in [0.25, 0.3) is 11.0 Å². The third-order valence-corrected chi connectivity index (χ3v) is 3.99. The average molecular weight is 345 g/mol. The maximum atomic E-state index is 11.8. The number of fused-ring (bicyclic) bond motifs is 1.